The van der Waals surface area contributed by atoms with E-state index in [1.165, 1.54) is 38.5 Å². The van der Waals surface area contributed by atoms with Crippen molar-refractivity contribution in [3.8, 4) is 61.3 Å². The zero-order chi connectivity index (χ0) is 45.7. The molecule has 11 aromatic carbocycles. The molecule has 0 aliphatic carbocycles. The average Bonchev–Trinajstić information content (AvgIpc) is 3.98. The maximum absolute atomic E-state index is 6.40. The lowest BCUT2D eigenvalue weighted by Crippen LogP contribution is -2.10. The zero-order valence-electron chi connectivity index (χ0n) is 37.7. The summed E-state index contributed by atoms with van der Waals surface area (Å²) in [6.45, 7) is 0. The third-order valence-corrected chi connectivity index (χ3v) is 13.6. The molecule has 0 saturated heterocycles. The molecule has 0 aliphatic heterocycles. The maximum Gasteiger partial charge on any atom is 0.143 e. The van der Waals surface area contributed by atoms with E-state index >= 15 is 0 Å². The molecule has 3 heteroatoms. The van der Waals surface area contributed by atoms with Crippen LogP contribution >= 0.6 is 0 Å². The first-order valence-corrected chi connectivity index (χ1v) is 23.6. The molecule has 3 nitrogen and oxygen atoms in total. The van der Waals surface area contributed by atoms with Gasteiger partial charge in [-0.05, 0) is 105 Å². The number of benzene rings is 11. The minimum atomic E-state index is 0.908. The SMILES string of the molecule is c1ccc(-c2ccc(-c3cccc(N(c4ccc(-c5ccc(-c6cccc7c6oc6ccccc67)cc5)cc4)c4cccc(-c5ccccc5-n5c6ccccc6c6ccccc65)c4)c3)cc2)cc1. The fourth-order valence-corrected chi connectivity index (χ4v) is 10.3. The lowest BCUT2D eigenvalue weighted by Gasteiger charge is -2.27. The van der Waals surface area contributed by atoms with Crippen LogP contribution < -0.4 is 4.90 Å². The quantitative estimate of drug-likeness (QED) is 0.144. The summed E-state index contributed by atoms with van der Waals surface area (Å²) in [5.41, 5.74) is 20.1. The molecule has 0 radical (unpaired) electrons. The molecule has 2 heterocycles. The number of rotatable bonds is 9. The molecule has 13 aromatic rings. The van der Waals surface area contributed by atoms with E-state index in [1.54, 1.807) is 0 Å². The maximum atomic E-state index is 6.40. The molecule has 0 atom stereocenters. The molecule has 0 amide bonds. The summed E-state index contributed by atoms with van der Waals surface area (Å²) in [7, 11) is 0. The fraction of sp³-hybridized carbons (Fsp3) is 0. The highest BCUT2D eigenvalue weighted by atomic mass is 16.3. The van der Waals surface area contributed by atoms with Crippen LogP contribution in [-0.2, 0) is 0 Å². The highest BCUT2D eigenvalue weighted by Gasteiger charge is 2.19. The minimum Gasteiger partial charge on any atom is -0.455 e. The van der Waals surface area contributed by atoms with Gasteiger partial charge in [-0.3, -0.25) is 0 Å². The Morgan fingerprint density at radius 3 is 1.41 bits per heavy atom. The number of hydrogen-bond acceptors (Lipinski definition) is 2. The molecular weight excluding hydrogens is 837 g/mol. The summed E-state index contributed by atoms with van der Waals surface area (Å²) in [4.78, 5) is 2.38. The van der Waals surface area contributed by atoms with Crippen molar-refractivity contribution in [2.24, 2.45) is 0 Å². The number of hydrogen-bond donors (Lipinski definition) is 0. The van der Waals surface area contributed by atoms with Gasteiger partial charge in [0.2, 0.25) is 0 Å². The summed E-state index contributed by atoms with van der Waals surface area (Å²) < 4.78 is 8.81. The van der Waals surface area contributed by atoms with E-state index in [4.69, 9.17) is 4.42 Å². The van der Waals surface area contributed by atoms with Crippen LogP contribution in [0.3, 0.4) is 0 Å². The van der Waals surface area contributed by atoms with Gasteiger partial charge in [-0.25, -0.2) is 0 Å². The van der Waals surface area contributed by atoms with Gasteiger partial charge in [-0.2, -0.15) is 0 Å². The van der Waals surface area contributed by atoms with E-state index in [9.17, 15) is 0 Å². The summed E-state index contributed by atoms with van der Waals surface area (Å²) >= 11 is 0. The monoisotopic (exact) mass is 880 g/mol. The second kappa shape index (κ2) is 16.9. The van der Waals surface area contributed by atoms with Crippen LogP contribution in [0.4, 0.5) is 17.1 Å². The van der Waals surface area contributed by atoms with Crippen molar-refractivity contribution < 1.29 is 4.42 Å². The summed E-state index contributed by atoms with van der Waals surface area (Å²) in [6.07, 6.45) is 0. The molecule has 0 saturated carbocycles. The van der Waals surface area contributed by atoms with Crippen LogP contribution in [0, 0.1) is 0 Å². The number of nitrogens with zero attached hydrogens (tertiary/aromatic N) is 2. The normalized spacial score (nSPS) is 11.5. The summed E-state index contributed by atoms with van der Waals surface area (Å²) in [5, 5.41) is 4.77. The first kappa shape index (κ1) is 40.1. The fourth-order valence-electron chi connectivity index (χ4n) is 10.3. The van der Waals surface area contributed by atoms with Crippen molar-refractivity contribution in [3.63, 3.8) is 0 Å². The Morgan fingerprint density at radius 2 is 0.725 bits per heavy atom. The van der Waals surface area contributed by atoms with E-state index in [0.717, 1.165) is 83.6 Å². The van der Waals surface area contributed by atoms with Crippen molar-refractivity contribution in [1.29, 1.82) is 0 Å². The Hall–Kier alpha value is -9.18. The van der Waals surface area contributed by atoms with Gasteiger partial charge in [-0.1, -0.05) is 206 Å². The lowest BCUT2D eigenvalue weighted by molar-refractivity contribution is 0.670. The topological polar surface area (TPSA) is 21.3 Å². The summed E-state index contributed by atoms with van der Waals surface area (Å²) in [5.74, 6) is 0. The predicted octanol–water partition coefficient (Wildman–Crippen LogP) is 18.5. The third kappa shape index (κ3) is 7.16. The highest BCUT2D eigenvalue weighted by molar-refractivity contribution is 6.11. The minimum absolute atomic E-state index is 0.908. The van der Waals surface area contributed by atoms with Gasteiger partial charge < -0.3 is 13.9 Å². The largest absolute Gasteiger partial charge is 0.455 e. The van der Waals surface area contributed by atoms with Crippen molar-refractivity contribution in [3.05, 3.63) is 267 Å². The molecule has 0 spiro atoms. The molecule has 0 aliphatic rings. The van der Waals surface area contributed by atoms with Crippen molar-refractivity contribution in [2.75, 3.05) is 4.90 Å². The number of furan rings is 1. The van der Waals surface area contributed by atoms with Crippen LogP contribution in [-0.4, -0.2) is 4.57 Å². The number of anilines is 3. The molecule has 0 bridgehead atoms. The van der Waals surface area contributed by atoms with Gasteiger partial charge >= 0.3 is 0 Å². The van der Waals surface area contributed by atoms with Crippen molar-refractivity contribution in [2.45, 2.75) is 0 Å². The Morgan fingerprint density at radius 1 is 0.275 bits per heavy atom. The standard InChI is InChI=1S/C66H44N2O/c1-2-15-45(16-3-1)46-31-33-49(34-32-46)51-17-12-19-54(43-51)67(53-41-39-48(40-42-53)47-35-37-50(38-36-47)57-25-14-26-61-60-24-7-11-30-65(60)69-66(57)61)55-20-13-18-52(44-55)56-21-4-8-27-62(56)68-63-28-9-5-22-58(63)59-23-6-10-29-64(59)68/h1-44H. The van der Waals surface area contributed by atoms with Gasteiger partial charge in [0.05, 0.1) is 16.7 Å². The molecule has 13 rings (SSSR count). The lowest BCUT2D eigenvalue weighted by atomic mass is 9.98. The number of aromatic nitrogens is 1. The zero-order valence-corrected chi connectivity index (χ0v) is 37.7. The number of para-hydroxylation sites is 5. The molecule has 0 unspecified atom stereocenters. The first-order valence-electron chi connectivity index (χ1n) is 23.6. The van der Waals surface area contributed by atoms with E-state index in [0.29, 0.717) is 0 Å². The summed E-state index contributed by atoms with van der Waals surface area (Å²) in [6, 6.07) is 96.1. The van der Waals surface area contributed by atoms with E-state index in [-0.39, 0.29) is 0 Å². The van der Waals surface area contributed by atoms with Crippen molar-refractivity contribution >= 4 is 60.8 Å². The second-order valence-electron chi connectivity index (χ2n) is 17.7. The van der Waals surface area contributed by atoms with Crippen LogP contribution in [0.2, 0.25) is 0 Å². The molecule has 0 fully saturated rings. The van der Waals surface area contributed by atoms with E-state index in [2.05, 4.69) is 264 Å². The Balaban J connectivity index is 0.893. The average molecular weight is 881 g/mol. The predicted molar refractivity (Wildman–Crippen MR) is 290 cm³/mol. The van der Waals surface area contributed by atoms with Crippen molar-refractivity contribution in [1.82, 2.24) is 4.57 Å². The van der Waals surface area contributed by atoms with Gasteiger partial charge in [0.1, 0.15) is 11.2 Å². The molecule has 0 N–H and O–H groups in total. The Kier molecular flexibility index (Phi) is 9.84. The van der Waals surface area contributed by atoms with Crippen LogP contribution in [0.1, 0.15) is 0 Å². The molecular formula is C66H44N2O. The van der Waals surface area contributed by atoms with Gasteiger partial charge in [0.15, 0.2) is 0 Å². The van der Waals surface area contributed by atoms with E-state index in [1.807, 2.05) is 12.1 Å². The van der Waals surface area contributed by atoms with Gasteiger partial charge in [0, 0.05) is 49.7 Å². The van der Waals surface area contributed by atoms with Crippen LogP contribution in [0.25, 0.3) is 105 Å². The highest BCUT2D eigenvalue weighted by Crippen LogP contribution is 2.42. The molecule has 2 aromatic heterocycles. The van der Waals surface area contributed by atoms with Gasteiger partial charge in [-0.15, -0.1) is 0 Å². The van der Waals surface area contributed by atoms with Crippen LogP contribution in [0.5, 0.6) is 0 Å². The third-order valence-electron chi connectivity index (χ3n) is 13.6. The first-order chi connectivity index (χ1) is 34.2. The van der Waals surface area contributed by atoms with Crippen LogP contribution in [0.15, 0.2) is 271 Å². The smallest absolute Gasteiger partial charge is 0.143 e. The second-order valence-corrected chi connectivity index (χ2v) is 17.7. The van der Waals surface area contributed by atoms with Gasteiger partial charge in [0.25, 0.3) is 0 Å². The Labute approximate surface area is 401 Å². The Bertz CT molecular complexity index is 3940. The van der Waals surface area contributed by atoms with E-state index < -0.39 is 0 Å². The molecule has 69 heavy (non-hydrogen) atoms. The number of fused-ring (bicyclic) bond motifs is 6. The molecule has 324 valence electrons.